The zero-order chi connectivity index (χ0) is 17.4. The van der Waals surface area contributed by atoms with Gasteiger partial charge in [-0.15, -0.1) is 0 Å². The number of amides is 2. The molecule has 0 N–H and O–H groups in total. The molecule has 1 fully saturated rings. The molecule has 3 heterocycles. The zero-order valence-corrected chi connectivity index (χ0v) is 14.3. The lowest BCUT2D eigenvalue weighted by atomic mass is 9.73. The molecule has 0 unspecified atom stereocenters. The average molecular weight is 339 g/mol. The predicted octanol–water partition coefficient (Wildman–Crippen LogP) is 2.11. The first kappa shape index (κ1) is 15.9. The van der Waals surface area contributed by atoms with Crippen LogP contribution in [-0.2, 0) is 17.8 Å². The van der Waals surface area contributed by atoms with E-state index in [1.54, 1.807) is 11.0 Å². The molecule has 0 atom stereocenters. The Hall–Kier alpha value is -2.63. The van der Waals surface area contributed by atoms with Gasteiger partial charge in [-0.3, -0.25) is 9.59 Å². The summed E-state index contributed by atoms with van der Waals surface area (Å²) in [5.74, 6) is 0.295. The maximum Gasteiger partial charge on any atom is 0.292 e. The summed E-state index contributed by atoms with van der Waals surface area (Å²) < 4.78 is 4.97. The van der Waals surface area contributed by atoms with Gasteiger partial charge in [-0.25, -0.2) is 0 Å². The number of aromatic nitrogens is 1. The predicted molar refractivity (Wildman–Crippen MR) is 90.7 cm³/mol. The Morgan fingerprint density at radius 1 is 1.16 bits per heavy atom. The summed E-state index contributed by atoms with van der Waals surface area (Å²) in [6.45, 7) is 1.76. The van der Waals surface area contributed by atoms with Gasteiger partial charge < -0.3 is 14.3 Å². The Bertz CT molecular complexity index is 792. The van der Waals surface area contributed by atoms with Gasteiger partial charge in [-0.05, 0) is 30.4 Å². The Balaban J connectivity index is 1.56. The normalized spacial score (nSPS) is 19.6. The number of fused-ring (bicyclic) bond motifs is 1. The maximum absolute atomic E-state index is 13.1. The topological polar surface area (TPSA) is 66.7 Å². The first-order chi connectivity index (χ1) is 12.1. The van der Waals surface area contributed by atoms with Crippen molar-refractivity contribution in [3.8, 4) is 0 Å². The third-order valence-corrected chi connectivity index (χ3v) is 5.51. The smallest absolute Gasteiger partial charge is 0.292 e. The number of carbonyl (C=O) groups excluding carboxylic acids is 2. The Labute approximate surface area is 146 Å². The molecule has 6 nitrogen and oxygen atoms in total. The zero-order valence-electron chi connectivity index (χ0n) is 14.3. The Morgan fingerprint density at radius 3 is 2.56 bits per heavy atom. The van der Waals surface area contributed by atoms with Gasteiger partial charge >= 0.3 is 0 Å². The molecule has 6 heteroatoms. The minimum atomic E-state index is -0.417. The SMILES string of the molecule is CN1Cc2ccccc2CC2(CCN(C(=O)c3ccno3)CC2)C1=O. The van der Waals surface area contributed by atoms with Crippen LogP contribution in [0.4, 0.5) is 0 Å². The summed E-state index contributed by atoms with van der Waals surface area (Å²) in [5, 5.41) is 3.60. The third kappa shape index (κ3) is 2.71. The van der Waals surface area contributed by atoms with Gasteiger partial charge in [0.1, 0.15) is 0 Å². The van der Waals surface area contributed by atoms with Crippen molar-refractivity contribution in [2.45, 2.75) is 25.8 Å². The van der Waals surface area contributed by atoms with E-state index in [0.717, 1.165) is 6.42 Å². The largest absolute Gasteiger partial charge is 0.351 e. The van der Waals surface area contributed by atoms with Crippen molar-refractivity contribution in [3.63, 3.8) is 0 Å². The van der Waals surface area contributed by atoms with Crippen LogP contribution >= 0.6 is 0 Å². The number of rotatable bonds is 1. The molecular weight excluding hydrogens is 318 g/mol. The van der Waals surface area contributed by atoms with Crippen molar-refractivity contribution in [1.29, 1.82) is 0 Å². The lowest BCUT2D eigenvalue weighted by molar-refractivity contribution is -0.143. The molecule has 0 saturated carbocycles. The molecule has 2 aliphatic rings. The molecule has 4 rings (SSSR count). The van der Waals surface area contributed by atoms with Crippen LogP contribution < -0.4 is 0 Å². The standard InChI is InChI=1S/C19H21N3O3/c1-21-13-15-5-3-2-4-14(15)12-19(18(21)24)7-10-22(11-8-19)17(23)16-6-9-20-25-16/h2-6,9H,7-8,10-13H2,1H3. The van der Waals surface area contributed by atoms with E-state index in [0.29, 0.717) is 32.5 Å². The summed E-state index contributed by atoms with van der Waals surface area (Å²) in [4.78, 5) is 29.1. The highest BCUT2D eigenvalue weighted by atomic mass is 16.5. The molecule has 2 amide bonds. The highest BCUT2D eigenvalue weighted by Crippen LogP contribution is 2.40. The number of benzene rings is 1. The van der Waals surface area contributed by atoms with Gasteiger partial charge in [0, 0.05) is 32.7 Å². The molecule has 0 aliphatic carbocycles. The Morgan fingerprint density at radius 2 is 1.88 bits per heavy atom. The van der Waals surface area contributed by atoms with E-state index in [1.165, 1.54) is 17.3 Å². The fourth-order valence-electron chi connectivity index (χ4n) is 4.07. The number of likely N-dealkylation sites (tertiary alicyclic amines) is 1. The highest BCUT2D eigenvalue weighted by molar-refractivity contribution is 5.91. The summed E-state index contributed by atoms with van der Waals surface area (Å²) >= 11 is 0. The molecule has 0 bridgehead atoms. The van der Waals surface area contributed by atoms with Gasteiger partial charge in [0.05, 0.1) is 11.6 Å². The molecule has 0 radical (unpaired) electrons. The van der Waals surface area contributed by atoms with E-state index < -0.39 is 5.41 Å². The number of piperidine rings is 1. The van der Waals surface area contributed by atoms with Crippen LogP contribution in [0.1, 0.15) is 34.5 Å². The molecule has 1 saturated heterocycles. The summed E-state index contributed by atoms with van der Waals surface area (Å²) in [6.07, 6.45) is 3.56. The summed E-state index contributed by atoms with van der Waals surface area (Å²) in [7, 11) is 1.87. The van der Waals surface area contributed by atoms with Crippen LogP contribution in [0, 0.1) is 5.41 Å². The molecular formula is C19H21N3O3. The number of carbonyl (C=O) groups is 2. The molecule has 2 aromatic rings. The second kappa shape index (κ2) is 6.02. The average Bonchev–Trinajstić information content (AvgIpc) is 3.14. The van der Waals surface area contributed by atoms with E-state index in [-0.39, 0.29) is 17.6 Å². The Kier molecular flexibility index (Phi) is 3.82. The lowest BCUT2D eigenvalue weighted by Crippen LogP contribution is -2.50. The summed E-state index contributed by atoms with van der Waals surface area (Å²) in [6, 6.07) is 9.85. The van der Waals surface area contributed by atoms with E-state index >= 15 is 0 Å². The fraction of sp³-hybridized carbons (Fsp3) is 0.421. The minimum absolute atomic E-state index is 0.151. The van der Waals surface area contributed by atoms with Gasteiger partial charge in [0.25, 0.3) is 5.91 Å². The van der Waals surface area contributed by atoms with E-state index in [2.05, 4.69) is 17.3 Å². The number of hydrogen-bond acceptors (Lipinski definition) is 4. The van der Waals surface area contributed by atoms with E-state index in [4.69, 9.17) is 4.52 Å². The van der Waals surface area contributed by atoms with Gasteiger partial charge in [-0.2, -0.15) is 0 Å². The molecule has 1 aromatic carbocycles. The van der Waals surface area contributed by atoms with Crippen molar-refractivity contribution >= 4 is 11.8 Å². The fourth-order valence-corrected chi connectivity index (χ4v) is 4.07. The number of hydrogen-bond donors (Lipinski definition) is 0. The molecule has 25 heavy (non-hydrogen) atoms. The first-order valence-electron chi connectivity index (χ1n) is 8.61. The quantitative estimate of drug-likeness (QED) is 0.798. The second-order valence-electron chi connectivity index (χ2n) is 7.06. The van der Waals surface area contributed by atoms with Crippen molar-refractivity contribution in [2.24, 2.45) is 5.41 Å². The van der Waals surface area contributed by atoms with Crippen molar-refractivity contribution in [1.82, 2.24) is 15.0 Å². The first-order valence-corrected chi connectivity index (χ1v) is 8.61. The van der Waals surface area contributed by atoms with Crippen LogP contribution in [0.5, 0.6) is 0 Å². The maximum atomic E-state index is 13.1. The van der Waals surface area contributed by atoms with Crippen molar-refractivity contribution in [3.05, 3.63) is 53.4 Å². The van der Waals surface area contributed by atoms with Crippen LogP contribution in [0.25, 0.3) is 0 Å². The van der Waals surface area contributed by atoms with Gasteiger partial charge in [0.2, 0.25) is 11.7 Å². The van der Waals surface area contributed by atoms with Crippen molar-refractivity contribution < 1.29 is 14.1 Å². The van der Waals surface area contributed by atoms with Crippen molar-refractivity contribution in [2.75, 3.05) is 20.1 Å². The van der Waals surface area contributed by atoms with Crippen LogP contribution in [0.3, 0.4) is 0 Å². The number of nitrogens with zero attached hydrogens (tertiary/aromatic N) is 3. The minimum Gasteiger partial charge on any atom is -0.351 e. The monoisotopic (exact) mass is 339 g/mol. The molecule has 1 spiro atoms. The van der Waals surface area contributed by atoms with Crippen LogP contribution in [0.2, 0.25) is 0 Å². The van der Waals surface area contributed by atoms with Crippen LogP contribution in [-0.4, -0.2) is 46.9 Å². The third-order valence-electron chi connectivity index (χ3n) is 5.51. The molecule has 2 aliphatic heterocycles. The lowest BCUT2D eigenvalue weighted by Gasteiger charge is -2.41. The van der Waals surface area contributed by atoms with Crippen LogP contribution in [0.15, 0.2) is 41.1 Å². The van der Waals surface area contributed by atoms with E-state index in [9.17, 15) is 9.59 Å². The van der Waals surface area contributed by atoms with E-state index in [1.807, 2.05) is 24.1 Å². The second-order valence-corrected chi connectivity index (χ2v) is 7.06. The highest BCUT2D eigenvalue weighted by Gasteiger charge is 2.45. The summed E-state index contributed by atoms with van der Waals surface area (Å²) in [5.41, 5.74) is 2.05. The van der Waals surface area contributed by atoms with Gasteiger partial charge in [0.15, 0.2) is 0 Å². The van der Waals surface area contributed by atoms with Gasteiger partial charge in [-0.1, -0.05) is 29.4 Å². The molecule has 130 valence electrons. The molecule has 1 aromatic heterocycles.